The number of anilines is 1. The number of aryl methyl sites for hydroxylation is 1. The summed E-state index contributed by atoms with van der Waals surface area (Å²) in [6, 6.07) is 5.71. The summed E-state index contributed by atoms with van der Waals surface area (Å²) in [5.74, 6) is 0.117. The Bertz CT molecular complexity index is 1090. The third-order valence-corrected chi connectivity index (χ3v) is 5.56. The highest BCUT2D eigenvalue weighted by atomic mass is 19.4. The van der Waals surface area contributed by atoms with Gasteiger partial charge >= 0.3 is 6.18 Å². The van der Waals surface area contributed by atoms with Crippen LogP contribution in [0.2, 0.25) is 0 Å². The Kier molecular flexibility index (Phi) is 5.09. The van der Waals surface area contributed by atoms with Crippen LogP contribution in [0.4, 0.5) is 18.9 Å². The predicted molar refractivity (Wildman–Crippen MR) is 110 cm³/mol. The lowest BCUT2D eigenvalue weighted by atomic mass is 10.0. The van der Waals surface area contributed by atoms with E-state index in [1.165, 1.54) is 13.2 Å². The summed E-state index contributed by atoms with van der Waals surface area (Å²) in [7, 11) is 1.36. The van der Waals surface area contributed by atoms with Crippen LogP contribution in [0, 0.1) is 6.92 Å². The second kappa shape index (κ2) is 7.46. The van der Waals surface area contributed by atoms with E-state index in [0.717, 1.165) is 35.5 Å². The van der Waals surface area contributed by atoms with Crippen molar-refractivity contribution in [2.24, 2.45) is 5.73 Å². The minimum Gasteiger partial charge on any atom is -0.496 e. The maximum absolute atomic E-state index is 13.2. The molecule has 0 amide bonds. The van der Waals surface area contributed by atoms with E-state index in [-0.39, 0.29) is 11.8 Å². The van der Waals surface area contributed by atoms with Crippen LogP contribution in [0.5, 0.6) is 5.75 Å². The first kappa shape index (κ1) is 20.5. The summed E-state index contributed by atoms with van der Waals surface area (Å²) in [6.07, 6.45) is -3.53. The summed E-state index contributed by atoms with van der Waals surface area (Å²) < 4.78 is 46.7. The van der Waals surface area contributed by atoms with Crippen molar-refractivity contribution >= 4 is 16.7 Å². The van der Waals surface area contributed by atoms with Crippen molar-refractivity contribution in [2.45, 2.75) is 39.0 Å². The Morgan fingerprint density at radius 2 is 2.03 bits per heavy atom. The van der Waals surface area contributed by atoms with Gasteiger partial charge in [-0.15, -0.1) is 0 Å². The second-order valence-electron chi connectivity index (χ2n) is 7.47. The SMILES string of the molecule is CCC1Cn2nc(-c3ccc(C(F)(F)F)cc3OC)c3nc(C)cc(c32)N1CCN. The monoisotopic (exact) mass is 419 g/mol. The first-order chi connectivity index (χ1) is 14.3. The Morgan fingerprint density at radius 1 is 1.27 bits per heavy atom. The van der Waals surface area contributed by atoms with Crippen molar-refractivity contribution in [3.8, 4) is 17.0 Å². The molecule has 4 rings (SSSR count). The van der Waals surface area contributed by atoms with Gasteiger partial charge in [0.2, 0.25) is 0 Å². The maximum atomic E-state index is 13.2. The fourth-order valence-electron chi connectivity index (χ4n) is 4.17. The number of alkyl halides is 3. The van der Waals surface area contributed by atoms with Gasteiger partial charge in [-0.05, 0) is 37.6 Å². The average Bonchev–Trinajstić information content (AvgIpc) is 3.07. The standard InChI is InChI=1S/C21H24F3N5O/c1-4-14-11-29-20-16(28(14)8-7-25)9-12(2)26-19(20)18(27-29)15-6-5-13(21(22,23)24)10-17(15)30-3/h5-6,9-10,14H,4,7-8,11,25H2,1-3H3. The minimum atomic E-state index is -4.45. The van der Waals surface area contributed by atoms with Gasteiger partial charge in [0, 0.05) is 30.4 Å². The molecule has 3 heterocycles. The van der Waals surface area contributed by atoms with Crippen LogP contribution in [0.1, 0.15) is 24.6 Å². The topological polar surface area (TPSA) is 69.2 Å². The zero-order valence-corrected chi connectivity index (χ0v) is 17.1. The van der Waals surface area contributed by atoms with Crippen LogP contribution in [-0.4, -0.2) is 41.0 Å². The van der Waals surface area contributed by atoms with Gasteiger partial charge in [0.05, 0.1) is 24.9 Å². The van der Waals surface area contributed by atoms with Crippen LogP contribution in [0.15, 0.2) is 24.3 Å². The number of nitrogens with zero attached hydrogens (tertiary/aromatic N) is 4. The Labute approximate surface area is 172 Å². The van der Waals surface area contributed by atoms with Crippen LogP contribution in [-0.2, 0) is 12.7 Å². The molecule has 0 aliphatic carbocycles. The molecule has 160 valence electrons. The smallest absolute Gasteiger partial charge is 0.416 e. The Morgan fingerprint density at radius 3 is 2.67 bits per heavy atom. The summed E-state index contributed by atoms with van der Waals surface area (Å²) in [5, 5.41) is 4.76. The van der Waals surface area contributed by atoms with Crippen molar-refractivity contribution in [2.75, 3.05) is 25.1 Å². The molecule has 0 radical (unpaired) electrons. The Balaban J connectivity index is 1.95. The van der Waals surface area contributed by atoms with Crippen LogP contribution < -0.4 is 15.4 Å². The van der Waals surface area contributed by atoms with Crippen molar-refractivity contribution in [3.05, 3.63) is 35.5 Å². The van der Waals surface area contributed by atoms with Gasteiger partial charge in [0.1, 0.15) is 22.5 Å². The molecule has 0 fully saturated rings. The van der Waals surface area contributed by atoms with E-state index in [4.69, 9.17) is 15.6 Å². The first-order valence-electron chi connectivity index (χ1n) is 9.89. The average molecular weight is 419 g/mol. The van der Waals surface area contributed by atoms with E-state index < -0.39 is 11.7 Å². The molecule has 0 saturated carbocycles. The maximum Gasteiger partial charge on any atom is 0.416 e. The zero-order chi connectivity index (χ0) is 21.6. The van der Waals surface area contributed by atoms with Crippen molar-refractivity contribution < 1.29 is 17.9 Å². The van der Waals surface area contributed by atoms with Crippen LogP contribution in [0.25, 0.3) is 22.3 Å². The van der Waals surface area contributed by atoms with Gasteiger partial charge in [-0.2, -0.15) is 18.3 Å². The minimum absolute atomic E-state index is 0.117. The molecular weight excluding hydrogens is 395 g/mol. The van der Waals surface area contributed by atoms with E-state index in [9.17, 15) is 13.2 Å². The first-order valence-corrected chi connectivity index (χ1v) is 9.89. The van der Waals surface area contributed by atoms with Crippen molar-refractivity contribution in [1.29, 1.82) is 0 Å². The molecule has 1 aliphatic rings. The number of hydrogen-bond acceptors (Lipinski definition) is 5. The number of methoxy groups -OCH3 is 1. The lowest BCUT2D eigenvalue weighted by molar-refractivity contribution is -0.137. The molecule has 1 aliphatic heterocycles. The number of halogens is 3. The molecule has 2 N–H and O–H groups in total. The van der Waals surface area contributed by atoms with Crippen molar-refractivity contribution in [1.82, 2.24) is 14.8 Å². The van der Waals surface area contributed by atoms with Crippen LogP contribution >= 0.6 is 0 Å². The molecule has 0 spiro atoms. The third kappa shape index (κ3) is 3.27. The van der Waals surface area contributed by atoms with E-state index in [0.29, 0.717) is 36.4 Å². The van der Waals surface area contributed by atoms with E-state index in [1.54, 1.807) is 0 Å². The summed E-state index contributed by atoms with van der Waals surface area (Å²) in [6.45, 7) is 5.91. The number of nitrogens with two attached hydrogens (primary N) is 1. The van der Waals surface area contributed by atoms with E-state index in [2.05, 4.69) is 16.8 Å². The number of hydrogen-bond donors (Lipinski definition) is 1. The largest absolute Gasteiger partial charge is 0.496 e. The molecule has 1 atom stereocenters. The highest BCUT2D eigenvalue weighted by molar-refractivity contribution is 5.99. The highest BCUT2D eigenvalue weighted by Crippen LogP contribution is 2.42. The van der Waals surface area contributed by atoms with E-state index in [1.807, 2.05) is 17.7 Å². The second-order valence-corrected chi connectivity index (χ2v) is 7.47. The van der Waals surface area contributed by atoms with E-state index >= 15 is 0 Å². The fraction of sp³-hybridized carbons (Fsp3) is 0.429. The van der Waals surface area contributed by atoms with Gasteiger partial charge in [0.25, 0.3) is 0 Å². The number of ether oxygens (including phenoxy) is 1. The Hall–Kier alpha value is -2.81. The lowest BCUT2D eigenvalue weighted by Gasteiger charge is -2.37. The van der Waals surface area contributed by atoms with Gasteiger partial charge in [-0.3, -0.25) is 4.68 Å². The normalized spacial score (nSPS) is 16.4. The van der Waals surface area contributed by atoms with Gasteiger partial charge in [-0.1, -0.05) is 6.92 Å². The molecule has 3 aromatic rings. The third-order valence-electron chi connectivity index (χ3n) is 5.56. The molecule has 2 aromatic heterocycles. The quantitative estimate of drug-likeness (QED) is 0.677. The highest BCUT2D eigenvalue weighted by Gasteiger charge is 2.33. The molecular formula is C21H24F3N5O. The molecule has 1 aromatic carbocycles. The van der Waals surface area contributed by atoms with Gasteiger partial charge in [0.15, 0.2) is 0 Å². The summed E-state index contributed by atoms with van der Waals surface area (Å²) in [4.78, 5) is 6.97. The molecule has 0 saturated heterocycles. The lowest BCUT2D eigenvalue weighted by Crippen LogP contribution is -2.44. The summed E-state index contributed by atoms with van der Waals surface area (Å²) in [5.41, 5.74) is 9.43. The predicted octanol–water partition coefficient (Wildman–Crippen LogP) is 3.99. The number of pyridine rings is 1. The molecule has 9 heteroatoms. The molecule has 30 heavy (non-hydrogen) atoms. The molecule has 1 unspecified atom stereocenters. The van der Waals surface area contributed by atoms with Gasteiger partial charge in [-0.25, -0.2) is 4.98 Å². The summed E-state index contributed by atoms with van der Waals surface area (Å²) >= 11 is 0. The number of benzene rings is 1. The number of rotatable bonds is 5. The number of aromatic nitrogens is 3. The fourth-order valence-corrected chi connectivity index (χ4v) is 4.17. The van der Waals surface area contributed by atoms with Crippen molar-refractivity contribution in [3.63, 3.8) is 0 Å². The molecule has 6 nitrogen and oxygen atoms in total. The molecule has 0 bridgehead atoms. The zero-order valence-electron chi connectivity index (χ0n) is 17.1. The van der Waals surface area contributed by atoms with Gasteiger partial charge < -0.3 is 15.4 Å². The van der Waals surface area contributed by atoms with Crippen LogP contribution in [0.3, 0.4) is 0 Å².